The van der Waals surface area contributed by atoms with Gasteiger partial charge >= 0.3 is 0 Å². The average Bonchev–Trinajstić information content (AvgIpc) is 2.95. The highest BCUT2D eigenvalue weighted by Crippen LogP contribution is 2.34. The van der Waals surface area contributed by atoms with Gasteiger partial charge in [0, 0.05) is 29.2 Å². The third-order valence-corrected chi connectivity index (χ3v) is 8.51. The first-order valence-corrected chi connectivity index (χ1v) is 14.5. The summed E-state index contributed by atoms with van der Waals surface area (Å²) in [5.41, 5.74) is 0.712. The van der Waals surface area contributed by atoms with Crippen LogP contribution >= 0.6 is 23.2 Å². The van der Waals surface area contributed by atoms with Crippen molar-refractivity contribution in [3.63, 3.8) is 0 Å². The van der Waals surface area contributed by atoms with Gasteiger partial charge in [-0.1, -0.05) is 47.5 Å². The van der Waals surface area contributed by atoms with E-state index in [9.17, 15) is 18.0 Å². The summed E-state index contributed by atoms with van der Waals surface area (Å²) in [6.07, 6.45) is 0. The van der Waals surface area contributed by atoms with E-state index in [1.54, 1.807) is 50.2 Å². The van der Waals surface area contributed by atoms with Gasteiger partial charge in [0.05, 0.1) is 24.8 Å². The number of carbonyl (C=O) groups excluding carboxylic acids is 2. The molecule has 3 rings (SSSR count). The molecule has 0 bridgehead atoms. The number of rotatable bonds is 12. The van der Waals surface area contributed by atoms with Crippen LogP contribution in [-0.2, 0) is 26.2 Å². The summed E-state index contributed by atoms with van der Waals surface area (Å²) in [4.78, 5) is 28.0. The van der Waals surface area contributed by atoms with Crippen LogP contribution < -0.4 is 19.1 Å². The van der Waals surface area contributed by atoms with Crippen LogP contribution in [-0.4, -0.2) is 58.5 Å². The predicted molar refractivity (Wildman–Crippen MR) is 156 cm³/mol. The molecule has 2 amide bonds. The van der Waals surface area contributed by atoms with Gasteiger partial charge in [0.25, 0.3) is 10.0 Å². The minimum Gasteiger partial charge on any atom is -0.493 e. The second-order valence-electron chi connectivity index (χ2n) is 8.69. The number of amides is 2. The Morgan fingerprint density at radius 3 is 2.23 bits per heavy atom. The van der Waals surface area contributed by atoms with Gasteiger partial charge < -0.3 is 19.7 Å². The highest BCUT2D eigenvalue weighted by Gasteiger charge is 2.33. The van der Waals surface area contributed by atoms with Gasteiger partial charge in [0.2, 0.25) is 11.8 Å². The minimum atomic E-state index is -4.22. The van der Waals surface area contributed by atoms with Gasteiger partial charge in [-0.2, -0.15) is 0 Å². The second-order valence-corrected chi connectivity index (χ2v) is 11.4. The minimum absolute atomic E-state index is 0.0124. The Balaban J connectivity index is 2.09. The first kappa shape index (κ1) is 31.1. The molecule has 3 aromatic rings. The molecule has 1 atom stereocenters. The molecule has 0 aromatic heterocycles. The SMILES string of the molecule is CCNC(=O)C(C)N(Cc1ccc(Cl)cc1Cl)C(=O)CN(c1ccc(OC)c(OC)c1)S(=O)(=O)c1ccccc1. The molecule has 0 saturated heterocycles. The third-order valence-electron chi connectivity index (χ3n) is 6.14. The summed E-state index contributed by atoms with van der Waals surface area (Å²) < 4.78 is 39.4. The Morgan fingerprint density at radius 2 is 1.62 bits per heavy atom. The number of carbonyl (C=O) groups is 2. The normalized spacial score (nSPS) is 11.8. The second kappa shape index (κ2) is 13.7. The zero-order valence-electron chi connectivity index (χ0n) is 22.6. The molecule has 0 radical (unpaired) electrons. The number of likely N-dealkylation sites (N-methyl/N-ethyl adjacent to an activating group) is 1. The molecule has 0 aliphatic heterocycles. The topological polar surface area (TPSA) is 105 Å². The van der Waals surface area contributed by atoms with Crippen LogP contribution in [0.25, 0.3) is 0 Å². The fourth-order valence-electron chi connectivity index (χ4n) is 3.97. The van der Waals surface area contributed by atoms with Crippen LogP contribution in [0.1, 0.15) is 19.4 Å². The fraction of sp³-hybridized carbons (Fsp3) is 0.286. The predicted octanol–water partition coefficient (Wildman–Crippen LogP) is 4.76. The number of hydrogen-bond donors (Lipinski definition) is 1. The molecule has 12 heteroatoms. The number of nitrogens with one attached hydrogen (secondary N) is 1. The molecule has 0 fully saturated rings. The number of benzene rings is 3. The average molecular weight is 609 g/mol. The number of halogens is 2. The third kappa shape index (κ3) is 7.18. The van der Waals surface area contributed by atoms with Crippen LogP contribution in [0.2, 0.25) is 10.0 Å². The molecule has 0 saturated carbocycles. The van der Waals surface area contributed by atoms with Crippen molar-refractivity contribution in [3.05, 3.63) is 82.3 Å². The van der Waals surface area contributed by atoms with E-state index < -0.39 is 34.4 Å². The lowest BCUT2D eigenvalue weighted by molar-refractivity contribution is -0.139. The Labute approximate surface area is 244 Å². The smallest absolute Gasteiger partial charge is 0.264 e. The molecule has 3 aromatic carbocycles. The number of ether oxygens (including phenoxy) is 2. The Hall–Kier alpha value is -3.47. The maximum absolute atomic E-state index is 13.9. The Bertz CT molecular complexity index is 1450. The zero-order valence-corrected chi connectivity index (χ0v) is 24.9. The van der Waals surface area contributed by atoms with E-state index in [0.717, 1.165) is 4.31 Å². The van der Waals surface area contributed by atoms with E-state index in [0.29, 0.717) is 27.9 Å². The molecule has 9 nitrogen and oxygen atoms in total. The van der Waals surface area contributed by atoms with Crippen LogP contribution in [0.4, 0.5) is 5.69 Å². The summed E-state index contributed by atoms with van der Waals surface area (Å²) in [5.74, 6) is -0.358. The van der Waals surface area contributed by atoms with Crippen molar-refractivity contribution >= 4 is 50.7 Å². The quantitative estimate of drug-likeness (QED) is 0.318. The molecular formula is C28H31Cl2N3O6S. The summed E-state index contributed by atoms with van der Waals surface area (Å²) >= 11 is 12.4. The lowest BCUT2D eigenvalue weighted by Crippen LogP contribution is -2.51. The van der Waals surface area contributed by atoms with Gasteiger partial charge in [0.1, 0.15) is 12.6 Å². The highest BCUT2D eigenvalue weighted by molar-refractivity contribution is 7.92. The molecule has 0 aliphatic carbocycles. The molecular weight excluding hydrogens is 577 g/mol. The molecule has 40 heavy (non-hydrogen) atoms. The van der Waals surface area contributed by atoms with Crippen molar-refractivity contribution in [2.45, 2.75) is 31.3 Å². The molecule has 0 heterocycles. The summed E-state index contributed by atoms with van der Waals surface area (Å²) in [5, 5.41) is 3.43. The van der Waals surface area contributed by atoms with E-state index >= 15 is 0 Å². The van der Waals surface area contributed by atoms with E-state index in [4.69, 9.17) is 32.7 Å². The monoisotopic (exact) mass is 607 g/mol. The van der Waals surface area contributed by atoms with Gasteiger partial charge in [-0.05, 0) is 55.8 Å². The van der Waals surface area contributed by atoms with Crippen molar-refractivity contribution < 1.29 is 27.5 Å². The van der Waals surface area contributed by atoms with Gasteiger partial charge in [-0.25, -0.2) is 8.42 Å². The number of hydrogen-bond acceptors (Lipinski definition) is 6. The lowest BCUT2D eigenvalue weighted by atomic mass is 10.1. The molecule has 1 unspecified atom stereocenters. The van der Waals surface area contributed by atoms with Crippen molar-refractivity contribution in [1.82, 2.24) is 10.2 Å². The van der Waals surface area contributed by atoms with E-state index in [-0.39, 0.29) is 22.9 Å². The maximum atomic E-state index is 13.9. The van der Waals surface area contributed by atoms with Crippen LogP contribution in [0.3, 0.4) is 0 Å². The maximum Gasteiger partial charge on any atom is 0.264 e. The fourth-order valence-corrected chi connectivity index (χ4v) is 5.86. The van der Waals surface area contributed by atoms with E-state index in [2.05, 4.69) is 5.32 Å². The van der Waals surface area contributed by atoms with E-state index in [1.807, 2.05) is 0 Å². The Morgan fingerprint density at radius 1 is 0.950 bits per heavy atom. The standard InChI is InChI=1S/C28H31Cl2N3O6S/c1-5-31-28(35)19(2)32(17-20-11-12-21(29)15-24(20)30)27(34)18-33(40(36,37)23-9-7-6-8-10-23)22-13-14-25(38-3)26(16-22)39-4/h6-16,19H,5,17-18H2,1-4H3,(H,31,35). The highest BCUT2D eigenvalue weighted by atomic mass is 35.5. The summed E-state index contributed by atoms with van der Waals surface area (Å²) in [6, 6.07) is 16.2. The van der Waals surface area contributed by atoms with Crippen LogP contribution in [0.5, 0.6) is 11.5 Å². The van der Waals surface area contributed by atoms with Crippen molar-refractivity contribution in [1.29, 1.82) is 0 Å². The Kier molecular flexibility index (Phi) is 10.7. The zero-order chi connectivity index (χ0) is 29.4. The molecule has 1 N–H and O–H groups in total. The first-order valence-electron chi connectivity index (χ1n) is 12.3. The number of sulfonamides is 1. The summed E-state index contributed by atoms with van der Waals surface area (Å²) in [7, 11) is -1.34. The lowest BCUT2D eigenvalue weighted by Gasteiger charge is -2.32. The van der Waals surface area contributed by atoms with Crippen molar-refractivity contribution in [2.24, 2.45) is 0 Å². The van der Waals surface area contributed by atoms with E-state index in [1.165, 1.54) is 49.5 Å². The van der Waals surface area contributed by atoms with Gasteiger partial charge in [-0.3, -0.25) is 13.9 Å². The number of methoxy groups -OCH3 is 2. The molecule has 0 aliphatic rings. The largest absolute Gasteiger partial charge is 0.493 e. The van der Waals surface area contributed by atoms with Crippen LogP contribution in [0.15, 0.2) is 71.6 Å². The van der Waals surface area contributed by atoms with Gasteiger partial charge in [0.15, 0.2) is 11.5 Å². The molecule has 0 spiro atoms. The van der Waals surface area contributed by atoms with Gasteiger partial charge in [-0.15, -0.1) is 0 Å². The van der Waals surface area contributed by atoms with Crippen LogP contribution in [0, 0.1) is 0 Å². The summed E-state index contributed by atoms with van der Waals surface area (Å²) in [6.45, 7) is 3.02. The first-order chi connectivity index (χ1) is 19.0. The number of anilines is 1. The number of nitrogens with zero attached hydrogens (tertiary/aromatic N) is 2. The van der Waals surface area contributed by atoms with Crippen molar-refractivity contribution in [2.75, 3.05) is 31.6 Å². The van der Waals surface area contributed by atoms with Crippen molar-refractivity contribution in [3.8, 4) is 11.5 Å². The molecule has 214 valence electrons.